The van der Waals surface area contributed by atoms with Crippen LogP contribution in [0.2, 0.25) is 0 Å². The number of aromatic nitrogens is 2. The minimum Gasteiger partial charge on any atom is -0.337 e. The SMILES string of the molecule is O=C1c2ccccc2CN1c1c[nH]c(=S)[nH]c1=O. The Labute approximate surface area is 107 Å². The van der Waals surface area contributed by atoms with Crippen molar-refractivity contribution in [2.75, 3.05) is 4.90 Å². The zero-order valence-electron chi connectivity index (χ0n) is 9.27. The molecular weight excluding hydrogens is 250 g/mol. The molecule has 0 spiro atoms. The van der Waals surface area contributed by atoms with Crippen molar-refractivity contribution >= 4 is 23.8 Å². The van der Waals surface area contributed by atoms with E-state index >= 15 is 0 Å². The van der Waals surface area contributed by atoms with Crippen molar-refractivity contribution in [2.24, 2.45) is 0 Å². The molecule has 0 saturated carbocycles. The molecule has 6 heteroatoms. The molecule has 0 radical (unpaired) electrons. The number of hydrogen-bond acceptors (Lipinski definition) is 3. The van der Waals surface area contributed by atoms with Gasteiger partial charge in [-0.15, -0.1) is 0 Å². The summed E-state index contributed by atoms with van der Waals surface area (Å²) >= 11 is 4.82. The van der Waals surface area contributed by atoms with Crippen LogP contribution >= 0.6 is 12.2 Å². The fourth-order valence-electron chi connectivity index (χ4n) is 2.05. The third-order valence-corrected chi connectivity index (χ3v) is 3.13. The first-order valence-corrected chi connectivity index (χ1v) is 5.79. The largest absolute Gasteiger partial charge is 0.337 e. The van der Waals surface area contributed by atoms with Gasteiger partial charge in [-0.2, -0.15) is 0 Å². The highest BCUT2D eigenvalue weighted by atomic mass is 32.1. The second-order valence-corrected chi connectivity index (χ2v) is 4.41. The predicted molar refractivity (Wildman–Crippen MR) is 69.2 cm³/mol. The normalized spacial score (nSPS) is 13.8. The van der Waals surface area contributed by atoms with Gasteiger partial charge in [0.15, 0.2) is 4.77 Å². The average molecular weight is 259 g/mol. The van der Waals surface area contributed by atoms with Gasteiger partial charge in [-0.3, -0.25) is 19.5 Å². The van der Waals surface area contributed by atoms with Crippen LogP contribution in [0.3, 0.4) is 0 Å². The molecule has 1 amide bonds. The van der Waals surface area contributed by atoms with Crippen LogP contribution in [-0.2, 0) is 6.54 Å². The maximum Gasteiger partial charge on any atom is 0.275 e. The Hall–Kier alpha value is -2.21. The Morgan fingerprint density at radius 3 is 2.72 bits per heavy atom. The molecule has 1 aromatic carbocycles. The molecule has 1 aliphatic heterocycles. The van der Waals surface area contributed by atoms with E-state index < -0.39 is 0 Å². The molecule has 5 nitrogen and oxygen atoms in total. The van der Waals surface area contributed by atoms with Crippen LogP contribution in [0, 0.1) is 4.77 Å². The third-order valence-electron chi connectivity index (χ3n) is 2.91. The van der Waals surface area contributed by atoms with Gasteiger partial charge in [0.25, 0.3) is 11.5 Å². The number of hydrogen-bond donors (Lipinski definition) is 2. The van der Waals surface area contributed by atoms with Crippen LogP contribution in [0.15, 0.2) is 35.3 Å². The number of carbonyl (C=O) groups is 1. The number of aromatic amines is 2. The van der Waals surface area contributed by atoms with E-state index in [1.165, 1.54) is 11.1 Å². The van der Waals surface area contributed by atoms with Gasteiger partial charge in [0, 0.05) is 11.8 Å². The Morgan fingerprint density at radius 2 is 2.00 bits per heavy atom. The van der Waals surface area contributed by atoms with Crippen molar-refractivity contribution in [1.82, 2.24) is 9.97 Å². The number of H-pyrrole nitrogens is 2. The Bertz CT molecular complexity index is 747. The Morgan fingerprint density at radius 1 is 1.22 bits per heavy atom. The molecule has 3 rings (SSSR count). The lowest BCUT2D eigenvalue weighted by Crippen LogP contribution is -2.29. The third kappa shape index (κ3) is 1.58. The van der Waals surface area contributed by atoms with Crippen molar-refractivity contribution in [3.63, 3.8) is 0 Å². The number of rotatable bonds is 1. The second kappa shape index (κ2) is 3.92. The van der Waals surface area contributed by atoms with E-state index in [1.807, 2.05) is 18.2 Å². The van der Waals surface area contributed by atoms with Crippen LogP contribution in [-0.4, -0.2) is 15.9 Å². The molecule has 0 atom stereocenters. The molecule has 0 aliphatic carbocycles. The summed E-state index contributed by atoms with van der Waals surface area (Å²) in [6.45, 7) is 0.405. The van der Waals surface area contributed by atoms with Crippen molar-refractivity contribution in [3.8, 4) is 0 Å². The molecule has 0 bridgehead atoms. The van der Waals surface area contributed by atoms with E-state index in [9.17, 15) is 9.59 Å². The molecule has 2 heterocycles. The maximum absolute atomic E-state index is 12.2. The summed E-state index contributed by atoms with van der Waals surface area (Å²) < 4.78 is 0.243. The van der Waals surface area contributed by atoms with Gasteiger partial charge in [-0.25, -0.2) is 0 Å². The first-order valence-electron chi connectivity index (χ1n) is 5.38. The van der Waals surface area contributed by atoms with Gasteiger partial charge in [0.05, 0.1) is 6.54 Å². The van der Waals surface area contributed by atoms with Gasteiger partial charge in [0.2, 0.25) is 0 Å². The number of nitrogens with zero attached hydrogens (tertiary/aromatic N) is 1. The predicted octanol–water partition coefficient (Wildman–Crippen LogP) is 1.59. The zero-order valence-corrected chi connectivity index (χ0v) is 10.1. The molecular formula is C12H9N3O2S. The number of anilines is 1. The minimum atomic E-state index is -0.361. The monoisotopic (exact) mass is 259 g/mol. The number of benzene rings is 1. The van der Waals surface area contributed by atoms with Gasteiger partial charge in [-0.1, -0.05) is 18.2 Å². The molecule has 90 valence electrons. The lowest BCUT2D eigenvalue weighted by atomic mass is 10.1. The lowest BCUT2D eigenvalue weighted by molar-refractivity contribution is 0.0996. The standard InChI is InChI=1S/C12H9N3O2S/c16-10-9(5-13-12(18)14-10)15-6-7-3-1-2-4-8(7)11(15)17/h1-5H,6H2,(H2,13,14,16,18). The summed E-state index contributed by atoms with van der Waals surface area (Å²) in [5.41, 5.74) is 1.48. The van der Waals surface area contributed by atoms with Crippen molar-refractivity contribution < 1.29 is 4.79 Å². The van der Waals surface area contributed by atoms with Crippen LogP contribution in [0.5, 0.6) is 0 Å². The quantitative estimate of drug-likeness (QED) is 0.764. The highest BCUT2D eigenvalue weighted by Gasteiger charge is 2.29. The maximum atomic E-state index is 12.2. The average Bonchev–Trinajstić information content (AvgIpc) is 2.68. The van der Waals surface area contributed by atoms with Crippen molar-refractivity contribution in [2.45, 2.75) is 6.54 Å². The molecule has 1 aromatic heterocycles. The molecule has 0 saturated heterocycles. The Kier molecular flexibility index (Phi) is 2.38. The molecule has 0 unspecified atom stereocenters. The Balaban J connectivity index is 2.09. The molecule has 2 N–H and O–H groups in total. The lowest BCUT2D eigenvalue weighted by Gasteiger charge is -2.13. The summed E-state index contributed by atoms with van der Waals surface area (Å²) in [5, 5.41) is 0. The highest BCUT2D eigenvalue weighted by Crippen LogP contribution is 2.25. The summed E-state index contributed by atoms with van der Waals surface area (Å²) in [5.74, 6) is -0.165. The van der Waals surface area contributed by atoms with E-state index in [4.69, 9.17) is 12.2 Å². The fraction of sp³-hybridized carbons (Fsp3) is 0.0833. The van der Waals surface area contributed by atoms with E-state index in [0.717, 1.165) is 5.56 Å². The van der Waals surface area contributed by atoms with Gasteiger partial charge in [0.1, 0.15) is 5.69 Å². The van der Waals surface area contributed by atoms with Crippen molar-refractivity contribution in [1.29, 1.82) is 0 Å². The molecule has 2 aromatic rings. The number of amides is 1. The van der Waals surface area contributed by atoms with E-state index in [1.54, 1.807) is 6.07 Å². The van der Waals surface area contributed by atoms with E-state index in [-0.39, 0.29) is 21.9 Å². The van der Waals surface area contributed by atoms with Gasteiger partial charge in [-0.05, 0) is 23.8 Å². The molecule has 1 aliphatic rings. The smallest absolute Gasteiger partial charge is 0.275 e. The van der Waals surface area contributed by atoms with Gasteiger partial charge >= 0.3 is 0 Å². The van der Waals surface area contributed by atoms with Crippen LogP contribution < -0.4 is 10.5 Å². The number of fused-ring (bicyclic) bond motifs is 1. The van der Waals surface area contributed by atoms with Crippen LogP contribution in [0.4, 0.5) is 5.69 Å². The first-order chi connectivity index (χ1) is 8.66. The number of carbonyl (C=O) groups excluding carboxylic acids is 1. The first kappa shape index (κ1) is 10.9. The summed E-state index contributed by atoms with van der Waals surface area (Å²) in [7, 11) is 0. The fourth-order valence-corrected chi connectivity index (χ4v) is 2.20. The van der Waals surface area contributed by atoms with Crippen LogP contribution in [0.25, 0.3) is 0 Å². The minimum absolute atomic E-state index is 0.165. The van der Waals surface area contributed by atoms with Gasteiger partial charge < -0.3 is 4.98 Å². The summed E-state index contributed by atoms with van der Waals surface area (Å²) in [6.07, 6.45) is 1.46. The van der Waals surface area contributed by atoms with E-state index in [0.29, 0.717) is 12.1 Å². The van der Waals surface area contributed by atoms with Crippen molar-refractivity contribution in [3.05, 3.63) is 56.7 Å². The van der Waals surface area contributed by atoms with Crippen LogP contribution in [0.1, 0.15) is 15.9 Å². The summed E-state index contributed by atoms with van der Waals surface area (Å²) in [6, 6.07) is 7.32. The summed E-state index contributed by atoms with van der Waals surface area (Å²) in [4.78, 5) is 30.6. The number of nitrogens with one attached hydrogen (secondary N) is 2. The second-order valence-electron chi connectivity index (χ2n) is 4.01. The zero-order chi connectivity index (χ0) is 12.7. The molecule has 18 heavy (non-hydrogen) atoms. The topological polar surface area (TPSA) is 69.0 Å². The molecule has 0 fully saturated rings. The highest BCUT2D eigenvalue weighted by molar-refractivity contribution is 7.71. The van der Waals surface area contributed by atoms with E-state index in [2.05, 4.69) is 9.97 Å².